The number of rotatable bonds is 7. The topological polar surface area (TPSA) is 30.5 Å². The van der Waals surface area contributed by atoms with Crippen LogP contribution in [0.2, 0.25) is 0 Å². The summed E-state index contributed by atoms with van der Waals surface area (Å²) in [5.74, 6) is 0.950. The number of benzene rings is 2. The van der Waals surface area contributed by atoms with Crippen molar-refractivity contribution in [1.82, 2.24) is 5.32 Å². The van der Waals surface area contributed by atoms with Crippen LogP contribution >= 0.6 is 0 Å². The maximum Gasteiger partial charge on any atom is 0.124 e. The molecule has 0 bridgehead atoms. The van der Waals surface area contributed by atoms with Gasteiger partial charge in [-0.15, -0.1) is 6.58 Å². The molecule has 2 aromatic carbocycles. The zero-order chi connectivity index (χ0) is 15.2. The third-order valence-corrected chi connectivity index (χ3v) is 4.04. The molecule has 1 N–H and O–H groups in total. The Morgan fingerprint density at radius 2 is 2.18 bits per heavy atom. The van der Waals surface area contributed by atoms with Gasteiger partial charge in [-0.2, -0.15) is 0 Å². The van der Waals surface area contributed by atoms with Crippen molar-refractivity contribution >= 4 is 10.8 Å². The molecule has 3 heteroatoms. The number of hydrogen-bond donors (Lipinski definition) is 1. The maximum atomic E-state index is 6.07. The van der Waals surface area contributed by atoms with Crippen LogP contribution in [0.3, 0.4) is 0 Å². The first kappa shape index (κ1) is 15.1. The monoisotopic (exact) mass is 297 g/mol. The summed E-state index contributed by atoms with van der Waals surface area (Å²) >= 11 is 0. The van der Waals surface area contributed by atoms with E-state index < -0.39 is 0 Å². The molecular formula is C19H23NO2. The van der Waals surface area contributed by atoms with Crippen LogP contribution < -0.4 is 10.1 Å². The molecule has 3 nitrogen and oxygen atoms in total. The molecule has 0 aliphatic carbocycles. The molecule has 3 rings (SSSR count). The zero-order valence-corrected chi connectivity index (χ0v) is 12.9. The molecule has 116 valence electrons. The summed E-state index contributed by atoms with van der Waals surface area (Å²) in [5.41, 5.74) is 1.21. The van der Waals surface area contributed by atoms with E-state index in [9.17, 15) is 0 Å². The average Bonchev–Trinajstić information content (AvgIpc) is 3.07. The highest BCUT2D eigenvalue weighted by Crippen LogP contribution is 2.28. The molecule has 1 saturated heterocycles. The summed E-state index contributed by atoms with van der Waals surface area (Å²) < 4.78 is 11.7. The Balaban J connectivity index is 1.82. The van der Waals surface area contributed by atoms with Crippen molar-refractivity contribution in [2.45, 2.75) is 25.5 Å². The fraction of sp³-hybridized carbons (Fsp3) is 0.368. The Hall–Kier alpha value is -1.84. The molecule has 2 aromatic rings. The van der Waals surface area contributed by atoms with Crippen LogP contribution in [0.15, 0.2) is 49.1 Å². The lowest BCUT2D eigenvalue weighted by molar-refractivity contribution is 0.0676. The lowest BCUT2D eigenvalue weighted by Gasteiger charge is -2.17. The van der Waals surface area contributed by atoms with Crippen molar-refractivity contribution in [3.63, 3.8) is 0 Å². The van der Waals surface area contributed by atoms with Gasteiger partial charge in [-0.1, -0.05) is 36.4 Å². The van der Waals surface area contributed by atoms with Crippen molar-refractivity contribution in [2.24, 2.45) is 0 Å². The Morgan fingerprint density at radius 3 is 3.00 bits per heavy atom. The molecular weight excluding hydrogens is 274 g/mol. The molecule has 1 fully saturated rings. The summed E-state index contributed by atoms with van der Waals surface area (Å²) in [6.45, 7) is 6.81. The first-order valence-electron chi connectivity index (χ1n) is 7.95. The molecule has 1 atom stereocenters. The lowest BCUT2D eigenvalue weighted by Crippen LogP contribution is -2.18. The SMILES string of the molecule is C=CCNCc1c(OCC2CCCO2)ccc2ccccc12. The van der Waals surface area contributed by atoms with Gasteiger partial charge in [0.15, 0.2) is 0 Å². The summed E-state index contributed by atoms with van der Waals surface area (Å²) in [4.78, 5) is 0. The minimum absolute atomic E-state index is 0.237. The van der Waals surface area contributed by atoms with Gasteiger partial charge in [-0.05, 0) is 29.7 Å². The van der Waals surface area contributed by atoms with Crippen molar-refractivity contribution in [3.8, 4) is 5.75 Å². The molecule has 0 saturated carbocycles. The standard InChI is InChI=1S/C19H23NO2/c1-2-11-20-13-18-17-8-4-3-6-15(17)9-10-19(18)22-14-16-7-5-12-21-16/h2-4,6,8-10,16,20H,1,5,7,11-14H2. The van der Waals surface area contributed by atoms with E-state index >= 15 is 0 Å². The predicted octanol–water partition coefficient (Wildman–Crippen LogP) is 3.67. The van der Waals surface area contributed by atoms with Gasteiger partial charge < -0.3 is 14.8 Å². The first-order valence-corrected chi connectivity index (χ1v) is 7.95. The van der Waals surface area contributed by atoms with E-state index in [0.717, 1.165) is 38.3 Å². The molecule has 1 aliphatic rings. The van der Waals surface area contributed by atoms with Gasteiger partial charge in [-0.3, -0.25) is 0 Å². The van der Waals surface area contributed by atoms with E-state index in [2.05, 4.69) is 48.3 Å². The smallest absolute Gasteiger partial charge is 0.124 e. The van der Waals surface area contributed by atoms with Crippen LogP contribution in [0.25, 0.3) is 10.8 Å². The number of ether oxygens (including phenoxy) is 2. The Morgan fingerprint density at radius 1 is 1.27 bits per heavy atom. The van der Waals surface area contributed by atoms with E-state index in [-0.39, 0.29) is 6.10 Å². The molecule has 1 heterocycles. The third kappa shape index (κ3) is 3.49. The van der Waals surface area contributed by atoms with E-state index in [1.54, 1.807) is 0 Å². The predicted molar refractivity (Wildman–Crippen MR) is 90.3 cm³/mol. The molecule has 22 heavy (non-hydrogen) atoms. The molecule has 1 aliphatic heterocycles. The van der Waals surface area contributed by atoms with Crippen LogP contribution in [0, 0.1) is 0 Å². The maximum absolute atomic E-state index is 6.07. The highest BCUT2D eigenvalue weighted by atomic mass is 16.5. The van der Waals surface area contributed by atoms with Gasteiger partial charge in [0.25, 0.3) is 0 Å². The van der Waals surface area contributed by atoms with Crippen molar-refractivity contribution in [2.75, 3.05) is 19.8 Å². The van der Waals surface area contributed by atoms with Gasteiger partial charge in [0.1, 0.15) is 12.4 Å². The molecule has 0 radical (unpaired) electrons. The first-order chi connectivity index (χ1) is 10.9. The van der Waals surface area contributed by atoms with E-state index in [0.29, 0.717) is 6.61 Å². The number of hydrogen-bond acceptors (Lipinski definition) is 3. The molecule has 0 spiro atoms. The molecule has 0 aromatic heterocycles. The summed E-state index contributed by atoms with van der Waals surface area (Å²) in [6, 6.07) is 12.6. The van der Waals surface area contributed by atoms with E-state index in [1.807, 2.05) is 6.08 Å². The minimum Gasteiger partial charge on any atom is -0.491 e. The Labute approximate surface area is 131 Å². The third-order valence-electron chi connectivity index (χ3n) is 4.04. The lowest BCUT2D eigenvalue weighted by atomic mass is 10.0. The van der Waals surface area contributed by atoms with Crippen molar-refractivity contribution in [1.29, 1.82) is 0 Å². The largest absolute Gasteiger partial charge is 0.491 e. The highest BCUT2D eigenvalue weighted by molar-refractivity contribution is 5.87. The van der Waals surface area contributed by atoms with Crippen LogP contribution in [0.1, 0.15) is 18.4 Å². The second-order valence-electron chi connectivity index (χ2n) is 5.63. The quantitative estimate of drug-likeness (QED) is 0.625. The van der Waals surface area contributed by atoms with Gasteiger partial charge >= 0.3 is 0 Å². The van der Waals surface area contributed by atoms with Crippen molar-refractivity contribution in [3.05, 3.63) is 54.6 Å². The van der Waals surface area contributed by atoms with E-state index in [1.165, 1.54) is 16.3 Å². The van der Waals surface area contributed by atoms with Crippen LogP contribution in [-0.2, 0) is 11.3 Å². The van der Waals surface area contributed by atoms with Crippen LogP contribution in [0.5, 0.6) is 5.75 Å². The number of fused-ring (bicyclic) bond motifs is 1. The fourth-order valence-electron chi connectivity index (χ4n) is 2.89. The molecule has 1 unspecified atom stereocenters. The van der Waals surface area contributed by atoms with Gasteiger partial charge in [0, 0.05) is 25.3 Å². The summed E-state index contributed by atoms with van der Waals surface area (Å²) in [6.07, 6.45) is 4.34. The van der Waals surface area contributed by atoms with Gasteiger partial charge in [0.05, 0.1) is 6.10 Å². The second kappa shape index (κ2) is 7.43. The molecule has 0 amide bonds. The van der Waals surface area contributed by atoms with Crippen LogP contribution in [-0.4, -0.2) is 25.9 Å². The highest BCUT2D eigenvalue weighted by Gasteiger charge is 2.17. The van der Waals surface area contributed by atoms with E-state index in [4.69, 9.17) is 9.47 Å². The summed E-state index contributed by atoms with van der Waals surface area (Å²) in [5, 5.41) is 5.86. The second-order valence-corrected chi connectivity index (χ2v) is 5.63. The number of nitrogens with one attached hydrogen (secondary N) is 1. The fourth-order valence-corrected chi connectivity index (χ4v) is 2.89. The van der Waals surface area contributed by atoms with Gasteiger partial charge in [-0.25, -0.2) is 0 Å². The minimum atomic E-state index is 0.237. The Kier molecular flexibility index (Phi) is 5.09. The normalized spacial score (nSPS) is 17.7. The summed E-state index contributed by atoms with van der Waals surface area (Å²) in [7, 11) is 0. The van der Waals surface area contributed by atoms with Crippen LogP contribution in [0.4, 0.5) is 0 Å². The van der Waals surface area contributed by atoms with Crippen molar-refractivity contribution < 1.29 is 9.47 Å². The Bertz CT molecular complexity index is 632. The average molecular weight is 297 g/mol. The zero-order valence-electron chi connectivity index (χ0n) is 12.9. The van der Waals surface area contributed by atoms with Gasteiger partial charge in [0.2, 0.25) is 0 Å².